The molecule has 2 aromatic rings. The Labute approximate surface area is 145 Å². The number of amides is 1. The molecule has 2 rings (SSSR count). The molecule has 1 aromatic heterocycles. The number of halogens is 3. The van der Waals surface area contributed by atoms with E-state index in [0.29, 0.717) is 17.4 Å². The molecule has 0 unspecified atom stereocenters. The van der Waals surface area contributed by atoms with Gasteiger partial charge in [0.05, 0.1) is 10.9 Å². The molecule has 136 valence electrons. The van der Waals surface area contributed by atoms with Crippen molar-refractivity contribution in [2.45, 2.75) is 37.0 Å². The molecule has 25 heavy (non-hydrogen) atoms. The van der Waals surface area contributed by atoms with Crippen molar-refractivity contribution in [3.05, 3.63) is 24.3 Å². The lowest BCUT2D eigenvalue weighted by Gasteiger charge is -2.12. The number of hydrogen-bond acceptors (Lipinski definition) is 6. The fourth-order valence-electron chi connectivity index (χ4n) is 1.81. The maximum absolute atomic E-state index is 12.2. The Kier molecular flexibility index (Phi) is 6.23. The zero-order valence-corrected chi connectivity index (χ0v) is 14.3. The predicted octanol–water partition coefficient (Wildman–Crippen LogP) is 2.57. The van der Waals surface area contributed by atoms with E-state index < -0.39 is 11.6 Å². The summed E-state index contributed by atoms with van der Waals surface area (Å²) in [6.45, 7) is 4.25. The number of alkyl halides is 3. The summed E-state index contributed by atoms with van der Waals surface area (Å²) in [5, 5.41) is 13.9. The van der Waals surface area contributed by atoms with E-state index in [4.69, 9.17) is 0 Å². The zero-order chi connectivity index (χ0) is 18.4. The fourth-order valence-corrected chi connectivity index (χ4v) is 2.64. The Morgan fingerprint density at radius 2 is 2.04 bits per heavy atom. The SMILES string of the molecule is CCCNC(=O)[C@@H](C)Sc1nnnn1-c1ccc(OC(F)(F)F)cc1. The highest BCUT2D eigenvalue weighted by Crippen LogP contribution is 2.26. The van der Waals surface area contributed by atoms with Crippen LogP contribution in [0.3, 0.4) is 0 Å². The Morgan fingerprint density at radius 3 is 2.64 bits per heavy atom. The van der Waals surface area contributed by atoms with Gasteiger partial charge in [0.15, 0.2) is 0 Å². The van der Waals surface area contributed by atoms with Gasteiger partial charge in [-0.15, -0.1) is 18.3 Å². The third-order valence-electron chi connectivity index (χ3n) is 2.96. The number of carbonyl (C=O) groups excluding carboxylic acids is 1. The van der Waals surface area contributed by atoms with Gasteiger partial charge in [-0.25, -0.2) is 0 Å². The predicted molar refractivity (Wildman–Crippen MR) is 84.5 cm³/mol. The summed E-state index contributed by atoms with van der Waals surface area (Å²) in [6.07, 6.45) is -3.92. The molecular formula is C14H16F3N5O2S. The van der Waals surface area contributed by atoms with Gasteiger partial charge in [-0.1, -0.05) is 18.7 Å². The number of tetrazole rings is 1. The molecule has 7 nitrogen and oxygen atoms in total. The Balaban J connectivity index is 2.09. The molecule has 0 aliphatic heterocycles. The quantitative estimate of drug-likeness (QED) is 0.749. The van der Waals surface area contributed by atoms with Crippen molar-refractivity contribution in [3.63, 3.8) is 0 Å². The van der Waals surface area contributed by atoms with Crippen LogP contribution in [0, 0.1) is 0 Å². The highest BCUT2D eigenvalue weighted by Gasteiger charge is 2.31. The molecule has 0 fully saturated rings. The number of carbonyl (C=O) groups is 1. The molecule has 1 aromatic carbocycles. The van der Waals surface area contributed by atoms with Gasteiger partial charge >= 0.3 is 6.36 Å². The van der Waals surface area contributed by atoms with Gasteiger partial charge in [0.2, 0.25) is 11.1 Å². The van der Waals surface area contributed by atoms with E-state index in [0.717, 1.165) is 30.3 Å². The second-order valence-electron chi connectivity index (χ2n) is 4.97. The van der Waals surface area contributed by atoms with Crippen molar-refractivity contribution in [2.75, 3.05) is 6.54 Å². The van der Waals surface area contributed by atoms with Gasteiger partial charge in [-0.05, 0) is 48.0 Å². The Hall–Kier alpha value is -2.30. The average molecular weight is 375 g/mol. The van der Waals surface area contributed by atoms with Gasteiger partial charge in [-0.2, -0.15) is 4.68 Å². The van der Waals surface area contributed by atoms with E-state index in [1.165, 1.54) is 16.8 Å². The second-order valence-corrected chi connectivity index (χ2v) is 6.27. The number of rotatable bonds is 7. The molecule has 0 bridgehead atoms. The lowest BCUT2D eigenvalue weighted by molar-refractivity contribution is -0.274. The molecule has 0 radical (unpaired) electrons. The number of benzene rings is 1. The molecule has 0 saturated heterocycles. The highest BCUT2D eigenvalue weighted by molar-refractivity contribution is 8.00. The molecular weight excluding hydrogens is 359 g/mol. The van der Waals surface area contributed by atoms with Crippen molar-refractivity contribution in [1.82, 2.24) is 25.5 Å². The summed E-state index contributed by atoms with van der Waals surface area (Å²) in [4.78, 5) is 11.9. The van der Waals surface area contributed by atoms with Crippen molar-refractivity contribution in [2.24, 2.45) is 0 Å². The molecule has 0 saturated carbocycles. The van der Waals surface area contributed by atoms with Crippen LogP contribution in [0.4, 0.5) is 13.2 Å². The number of aromatic nitrogens is 4. The number of hydrogen-bond donors (Lipinski definition) is 1. The van der Waals surface area contributed by atoms with Crippen LogP contribution in [-0.2, 0) is 4.79 Å². The minimum absolute atomic E-state index is 0.143. The highest BCUT2D eigenvalue weighted by atomic mass is 32.2. The van der Waals surface area contributed by atoms with Gasteiger partial charge in [-0.3, -0.25) is 4.79 Å². The molecule has 11 heteroatoms. The topological polar surface area (TPSA) is 81.9 Å². The monoisotopic (exact) mass is 375 g/mol. The fraction of sp³-hybridized carbons (Fsp3) is 0.429. The molecule has 1 amide bonds. The molecule has 0 aliphatic carbocycles. The number of nitrogens with one attached hydrogen (secondary N) is 1. The van der Waals surface area contributed by atoms with E-state index in [1.807, 2.05) is 6.92 Å². The third kappa shape index (κ3) is 5.62. The Bertz CT molecular complexity index is 705. The first-order valence-electron chi connectivity index (χ1n) is 7.39. The van der Waals surface area contributed by atoms with E-state index >= 15 is 0 Å². The molecule has 0 aliphatic rings. The van der Waals surface area contributed by atoms with Gasteiger partial charge in [0, 0.05) is 6.54 Å². The summed E-state index contributed by atoms with van der Waals surface area (Å²) in [5.41, 5.74) is 0.447. The van der Waals surface area contributed by atoms with Crippen molar-refractivity contribution < 1.29 is 22.7 Å². The summed E-state index contributed by atoms with van der Waals surface area (Å²) < 4.78 is 41.7. The van der Waals surface area contributed by atoms with E-state index in [-0.39, 0.29) is 11.7 Å². The normalized spacial score (nSPS) is 12.7. The summed E-state index contributed by atoms with van der Waals surface area (Å²) in [6, 6.07) is 5.11. The van der Waals surface area contributed by atoms with Crippen LogP contribution in [0.2, 0.25) is 0 Å². The van der Waals surface area contributed by atoms with Crippen LogP contribution in [0.25, 0.3) is 5.69 Å². The first-order chi connectivity index (χ1) is 11.8. The van der Waals surface area contributed by atoms with E-state index in [1.54, 1.807) is 6.92 Å². The maximum atomic E-state index is 12.2. The molecule has 1 heterocycles. The minimum atomic E-state index is -4.75. The van der Waals surface area contributed by atoms with Crippen LogP contribution in [0.1, 0.15) is 20.3 Å². The van der Waals surface area contributed by atoms with Crippen LogP contribution in [0.15, 0.2) is 29.4 Å². The van der Waals surface area contributed by atoms with E-state index in [2.05, 4.69) is 25.6 Å². The second kappa shape index (κ2) is 8.19. The third-order valence-corrected chi connectivity index (χ3v) is 3.99. The standard InChI is InChI=1S/C14H16F3N5O2S/c1-3-8-18-12(23)9(2)25-13-19-20-21-22(13)10-4-6-11(7-5-10)24-14(15,16)17/h4-7,9H,3,8H2,1-2H3,(H,18,23)/t9-/m1/s1. The average Bonchev–Trinajstić information content (AvgIpc) is 2.99. The van der Waals surface area contributed by atoms with Crippen molar-refractivity contribution in [1.29, 1.82) is 0 Å². The lowest BCUT2D eigenvalue weighted by Crippen LogP contribution is -2.31. The van der Waals surface area contributed by atoms with Crippen molar-refractivity contribution in [3.8, 4) is 11.4 Å². The zero-order valence-electron chi connectivity index (χ0n) is 13.4. The van der Waals surface area contributed by atoms with Crippen molar-refractivity contribution >= 4 is 17.7 Å². The summed E-state index contributed by atoms with van der Waals surface area (Å²) in [7, 11) is 0. The first kappa shape index (κ1) is 19.0. The van der Waals surface area contributed by atoms with Gasteiger partial charge in [0.25, 0.3) is 0 Å². The summed E-state index contributed by atoms with van der Waals surface area (Å²) in [5.74, 6) is -0.485. The van der Waals surface area contributed by atoms with Gasteiger partial charge < -0.3 is 10.1 Å². The number of nitrogens with zero attached hydrogens (tertiary/aromatic N) is 4. The van der Waals surface area contributed by atoms with Crippen LogP contribution in [0.5, 0.6) is 5.75 Å². The largest absolute Gasteiger partial charge is 0.573 e. The van der Waals surface area contributed by atoms with Crippen LogP contribution in [-0.4, -0.2) is 44.3 Å². The van der Waals surface area contributed by atoms with E-state index in [9.17, 15) is 18.0 Å². The maximum Gasteiger partial charge on any atom is 0.573 e. The Morgan fingerprint density at radius 1 is 1.36 bits per heavy atom. The molecule has 1 N–H and O–H groups in total. The van der Waals surface area contributed by atoms with Crippen LogP contribution < -0.4 is 10.1 Å². The minimum Gasteiger partial charge on any atom is -0.406 e. The smallest absolute Gasteiger partial charge is 0.406 e. The van der Waals surface area contributed by atoms with Gasteiger partial charge in [0.1, 0.15) is 5.75 Å². The molecule has 0 spiro atoms. The van der Waals surface area contributed by atoms with Crippen LogP contribution >= 0.6 is 11.8 Å². The number of thioether (sulfide) groups is 1. The number of ether oxygens (including phenoxy) is 1. The lowest BCUT2D eigenvalue weighted by atomic mass is 10.3. The summed E-state index contributed by atoms with van der Waals surface area (Å²) >= 11 is 1.15. The molecule has 1 atom stereocenters. The first-order valence-corrected chi connectivity index (χ1v) is 8.27.